The predicted octanol–water partition coefficient (Wildman–Crippen LogP) is 3.43. The number of anilines is 2. The molecule has 0 aliphatic heterocycles. The summed E-state index contributed by atoms with van der Waals surface area (Å²) in [7, 11) is 0. The quantitative estimate of drug-likeness (QED) is 0.599. The van der Waals surface area contributed by atoms with Gasteiger partial charge in [0.05, 0.1) is 17.2 Å². The van der Waals surface area contributed by atoms with Crippen molar-refractivity contribution in [2.24, 2.45) is 0 Å². The maximum absolute atomic E-state index is 12.3. The first-order valence-corrected chi connectivity index (χ1v) is 7.55. The van der Waals surface area contributed by atoms with E-state index in [0.717, 1.165) is 0 Å². The standard InChI is InChI=1S/C17H19N3O4/c1-3-24-16-10-5-4-9-15(16)18-12(2)17(21)19-13-7-6-8-14(11-13)20(22)23/h4-12,18H,3H2,1-2H3,(H,19,21). The maximum Gasteiger partial charge on any atom is 0.271 e. The van der Waals surface area contributed by atoms with E-state index >= 15 is 0 Å². The average Bonchev–Trinajstić information content (AvgIpc) is 2.57. The normalized spacial score (nSPS) is 11.4. The van der Waals surface area contributed by atoms with E-state index in [0.29, 0.717) is 23.7 Å². The summed E-state index contributed by atoms with van der Waals surface area (Å²) < 4.78 is 5.51. The van der Waals surface area contributed by atoms with Crippen molar-refractivity contribution in [3.63, 3.8) is 0 Å². The molecule has 7 heteroatoms. The van der Waals surface area contributed by atoms with Gasteiger partial charge in [0.2, 0.25) is 5.91 Å². The summed E-state index contributed by atoms with van der Waals surface area (Å²) >= 11 is 0. The van der Waals surface area contributed by atoms with Gasteiger partial charge in [0.1, 0.15) is 11.8 Å². The summed E-state index contributed by atoms with van der Waals surface area (Å²) in [6, 6.07) is 12.6. The molecule has 0 aromatic heterocycles. The van der Waals surface area contributed by atoms with Crippen molar-refractivity contribution in [2.45, 2.75) is 19.9 Å². The molecule has 1 unspecified atom stereocenters. The third kappa shape index (κ3) is 4.45. The zero-order chi connectivity index (χ0) is 17.5. The number of nitrogens with one attached hydrogen (secondary N) is 2. The molecule has 1 atom stereocenters. The number of para-hydroxylation sites is 2. The lowest BCUT2D eigenvalue weighted by molar-refractivity contribution is -0.384. The van der Waals surface area contributed by atoms with Crippen molar-refractivity contribution in [1.29, 1.82) is 0 Å². The molecule has 126 valence electrons. The smallest absolute Gasteiger partial charge is 0.271 e. The Hall–Kier alpha value is -3.09. The number of amides is 1. The van der Waals surface area contributed by atoms with E-state index in [-0.39, 0.29) is 11.6 Å². The van der Waals surface area contributed by atoms with Crippen molar-refractivity contribution in [2.75, 3.05) is 17.2 Å². The number of benzene rings is 2. The van der Waals surface area contributed by atoms with Crippen LogP contribution in [0.2, 0.25) is 0 Å². The zero-order valence-electron chi connectivity index (χ0n) is 13.5. The minimum atomic E-state index is -0.550. The van der Waals surface area contributed by atoms with E-state index in [1.54, 1.807) is 13.0 Å². The second-order valence-electron chi connectivity index (χ2n) is 5.09. The monoisotopic (exact) mass is 329 g/mol. The lowest BCUT2D eigenvalue weighted by Gasteiger charge is -2.17. The van der Waals surface area contributed by atoms with Crippen molar-refractivity contribution < 1.29 is 14.5 Å². The summed E-state index contributed by atoms with van der Waals surface area (Å²) in [4.78, 5) is 22.6. The SMILES string of the molecule is CCOc1ccccc1NC(C)C(=O)Nc1cccc([N+](=O)[O-])c1. The highest BCUT2D eigenvalue weighted by atomic mass is 16.6. The first kappa shape index (κ1) is 17.3. The number of carbonyl (C=O) groups is 1. The summed E-state index contributed by atoms with van der Waals surface area (Å²) in [5, 5.41) is 16.5. The molecule has 0 saturated heterocycles. The van der Waals surface area contributed by atoms with Gasteiger partial charge in [-0.25, -0.2) is 0 Å². The molecule has 0 aliphatic carbocycles. The number of hydrogen-bond donors (Lipinski definition) is 2. The van der Waals surface area contributed by atoms with Gasteiger partial charge in [-0.3, -0.25) is 14.9 Å². The molecule has 0 heterocycles. The van der Waals surface area contributed by atoms with E-state index in [1.165, 1.54) is 18.2 Å². The predicted molar refractivity (Wildman–Crippen MR) is 92.4 cm³/mol. The van der Waals surface area contributed by atoms with Crippen molar-refractivity contribution in [3.8, 4) is 5.75 Å². The molecule has 24 heavy (non-hydrogen) atoms. The van der Waals surface area contributed by atoms with Gasteiger partial charge >= 0.3 is 0 Å². The topological polar surface area (TPSA) is 93.5 Å². The minimum Gasteiger partial charge on any atom is -0.492 e. The van der Waals surface area contributed by atoms with Gasteiger partial charge in [0.15, 0.2) is 0 Å². The number of nitro groups is 1. The molecule has 2 aromatic carbocycles. The molecule has 0 spiro atoms. The van der Waals surface area contributed by atoms with Crippen LogP contribution in [-0.4, -0.2) is 23.5 Å². The molecule has 0 saturated carbocycles. The molecule has 2 rings (SSSR count). The van der Waals surface area contributed by atoms with Gasteiger partial charge in [-0.05, 0) is 32.0 Å². The van der Waals surface area contributed by atoms with E-state index in [1.807, 2.05) is 31.2 Å². The maximum atomic E-state index is 12.3. The molecular weight excluding hydrogens is 310 g/mol. The molecule has 1 amide bonds. The number of nitro benzene ring substituents is 1. The molecule has 7 nitrogen and oxygen atoms in total. The Kier molecular flexibility index (Phi) is 5.73. The highest BCUT2D eigenvalue weighted by Crippen LogP contribution is 2.24. The van der Waals surface area contributed by atoms with Crippen molar-refractivity contribution in [3.05, 3.63) is 58.6 Å². The zero-order valence-corrected chi connectivity index (χ0v) is 13.5. The Bertz CT molecular complexity index is 733. The Morgan fingerprint density at radius 1 is 1.25 bits per heavy atom. The van der Waals surface area contributed by atoms with E-state index in [9.17, 15) is 14.9 Å². The first-order chi connectivity index (χ1) is 11.5. The number of nitrogens with zero attached hydrogens (tertiary/aromatic N) is 1. The Morgan fingerprint density at radius 3 is 2.71 bits per heavy atom. The largest absolute Gasteiger partial charge is 0.492 e. The fourth-order valence-corrected chi connectivity index (χ4v) is 2.11. The van der Waals surface area contributed by atoms with Crippen LogP contribution in [-0.2, 0) is 4.79 Å². The molecule has 2 aromatic rings. The fraction of sp³-hybridized carbons (Fsp3) is 0.235. The van der Waals surface area contributed by atoms with Crippen LogP contribution in [0.3, 0.4) is 0 Å². The van der Waals surface area contributed by atoms with Crippen LogP contribution in [0.4, 0.5) is 17.1 Å². The highest BCUT2D eigenvalue weighted by Gasteiger charge is 2.16. The summed E-state index contributed by atoms with van der Waals surface area (Å²) in [6.07, 6.45) is 0. The van der Waals surface area contributed by atoms with Gasteiger partial charge in [-0.2, -0.15) is 0 Å². The van der Waals surface area contributed by atoms with Crippen molar-refractivity contribution in [1.82, 2.24) is 0 Å². The number of ether oxygens (including phenoxy) is 1. The summed E-state index contributed by atoms with van der Waals surface area (Å²) in [6.45, 7) is 4.11. The van der Waals surface area contributed by atoms with E-state index in [2.05, 4.69) is 10.6 Å². The minimum absolute atomic E-state index is 0.0740. The summed E-state index contributed by atoms with van der Waals surface area (Å²) in [5.41, 5.74) is 1.01. The van der Waals surface area contributed by atoms with Crippen LogP contribution in [0.5, 0.6) is 5.75 Å². The van der Waals surface area contributed by atoms with Gasteiger partial charge in [-0.15, -0.1) is 0 Å². The van der Waals surface area contributed by atoms with Gasteiger partial charge in [0.25, 0.3) is 5.69 Å². The molecule has 0 radical (unpaired) electrons. The lowest BCUT2D eigenvalue weighted by Crippen LogP contribution is -2.32. The number of non-ortho nitro benzene ring substituents is 1. The molecular formula is C17H19N3O4. The lowest BCUT2D eigenvalue weighted by atomic mass is 10.2. The molecule has 0 fully saturated rings. The van der Waals surface area contributed by atoms with Crippen LogP contribution < -0.4 is 15.4 Å². The van der Waals surface area contributed by atoms with Gasteiger partial charge in [-0.1, -0.05) is 18.2 Å². The number of hydrogen-bond acceptors (Lipinski definition) is 5. The highest BCUT2D eigenvalue weighted by molar-refractivity contribution is 5.96. The van der Waals surface area contributed by atoms with E-state index in [4.69, 9.17) is 4.74 Å². The molecule has 2 N–H and O–H groups in total. The number of rotatable bonds is 7. The number of carbonyl (C=O) groups excluding carboxylic acids is 1. The average molecular weight is 329 g/mol. The fourth-order valence-electron chi connectivity index (χ4n) is 2.11. The molecule has 0 aliphatic rings. The Balaban J connectivity index is 2.05. The van der Waals surface area contributed by atoms with Crippen LogP contribution in [0.15, 0.2) is 48.5 Å². The van der Waals surface area contributed by atoms with Crippen LogP contribution in [0, 0.1) is 10.1 Å². The van der Waals surface area contributed by atoms with Gasteiger partial charge < -0.3 is 15.4 Å². The van der Waals surface area contributed by atoms with Crippen molar-refractivity contribution >= 4 is 23.0 Å². The van der Waals surface area contributed by atoms with Gasteiger partial charge in [0, 0.05) is 17.8 Å². The third-order valence-corrected chi connectivity index (χ3v) is 3.28. The van der Waals surface area contributed by atoms with Crippen LogP contribution in [0.1, 0.15) is 13.8 Å². The molecule has 0 bridgehead atoms. The third-order valence-electron chi connectivity index (χ3n) is 3.28. The van der Waals surface area contributed by atoms with Crippen LogP contribution in [0.25, 0.3) is 0 Å². The van der Waals surface area contributed by atoms with E-state index < -0.39 is 11.0 Å². The second kappa shape index (κ2) is 7.96. The second-order valence-corrected chi connectivity index (χ2v) is 5.09. The first-order valence-electron chi connectivity index (χ1n) is 7.55. The van der Waals surface area contributed by atoms with Crippen LogP contribution >= 0.6 is 0 Å². The Labute approximate surface area is 139 Å². The summed E-state index contributed by atoms with van der Waals surface area (Å²) in [5.74, 6) is 0.358. The Morgan fingerprint density at radius 2 is 2.00 bits per heavy atom.